The predicted molar refractivity (Wildman–Crippen MR) is 141 cm³/mol. The molecule has 0 radical (unpaired) electrons. The second-order valence-corrected chi connectivity index (χ2v) is 10.6. The van der Waals surface area contributed by atoms with Gasteiger partial charge < -0.3 is 0 Å². The molecule has 0 spiro atoms. The van der Waals surface area contributed by atoms with Crippen LogP contribution in [-0.2, 0) is 0 Å². The molecule has 0 aliphatic rings. The minimum atomic E-state index is -2.46. The molecule has 2 atom stereocenters. The zero-order valence-electron chi connectivity index (χ0n) is 22.7. The third-order valence-electron chi connectivity index (χ3n) is 7.46. The summed E-state index contributed by atoms with van der Waals surface area (Å²) in [7, 11) is 0. The summed E-state index contributed by atoms with van der Waals surface area (Å²) in [6, 6.07) is 0. The summed E-state index contributed by atoms with van der Waals surface area (Å²) in [5, 5.41) is 0. The highest BCUT2D eigenvalue weighted by atomic mass is 19.3. The molecule has 0 aromatic rings. The van der Waals surface area contributed by atoms with Gasteiger partial charge in [-0.3, -0.25) is 0 Å². The smallest absolute Gasteiger partial charge is 0.207 e. The van der Waals surface area contributed by atoms with Crippen molar-refractivity contribution in [3.63, 3.8) is 0 Å². The first-order chi connectivity index (χ1) is 15.5. The average Bonchev–Trinajstić information content (AvgIpc) is 2.77. The molecule has 0 aliphatic heterocycles. The van der Waals surface area contributed by atoms with Crippen LogP contribution in [0.1, 0.15) is 175 Å². The van der Waals surface area contributed by atoms with E-state index >= 15 is 8.78 Å². The number of alkyl halides is 2. The van der Waals surface area contributed by atoms with Gasteiger partial charge in [0.05, 0.1) is 0 Å². The molecule has 0 saturated carbocycles. The van der Waals surface area contributed by atoms with Gasteiger partial charge in [-0.1, -0.05) is 150 Å². The second-order valence-electron chi connectivity index (χ2n) is 10.6. The van der Waals surface area contributed by atoms with E-state index in [0.717, 1.165) is 57.8 Å². The molecule has 2 heteroatoms. The first-order valence-corrected chi connectivity index (χ1v) is 14.9. The molecular formula is C30H60F2. The minimum Gasteiger partial charge on any atom is -0.207 e. The predicted octanol–water partition coefficient (Wildman–Crippen LogP) is 11.9. The van der Waals surface area contributed by atoms with Crippen LogP contribution >= 0.6 is 0 Å². The summed E-state index contributed by atoms with van der Waals surface area (Å²) < 4.78 is 30.4. The van der Waals surface area contributed by atoms with Gasteiger partial charge in [-0.2, -0.15) is 0 Å². The van der Waals surface area contributed by atoms with Crippen molar-refractivity contribution in [2.24, 2.45) is 11.8 Å². The average molecular weight is 459 g/mol. The van der Waals surface area contributed by atoms with Gasteiger partial charge in [0, 0.05) is 12.3 Å². The molecule has 0 amide bonds. The van der Waals surface area contributed by atoms with Gasteiger partial charge in [-0.15, -0.1) is 0 Å². The van der Waals surface area contributed by atoms with Crippen LogP contribution < -0.4 is 0 Å². The van der Waals surface area contributed by atoms with E-state index in [4.69, 9.17) is 0 Å². The van der Waals surface area contributed by atoms with Crippen LogP contribution in [0.3, 0.4) is 0 Å². The van der Waals surface area contributed by atoms with Crippen LogP contribution in [0.2, 0.25) is 0 Å². The molecule has 32 heavy (non-hydrogen) atoms. The first-order valence-electron chi connectivity index (χ1n) is 14.9. The zero-order chi connectivity index (χ0) is 23.9. The molecule has 0 saturated heterocycles. The van der Waals surface area contributed by atoms with E-state index < -0.39 is 5.92 Å². The zero-order valence-corrected chi connectivity index (χ0v) is 22.7. The van der Waals surface area contributed by atoms with Gasteiger partial charge in [0.2, 0.25) is 0 Å². The second kappa shape index (κ2) is 22.6. The van der Waals surface area contributed by atoms with E-state index in [1.165, 1.54) is 83.5 Å². The standard InChI is InChI=1S/C30H60F2/c1-5-9-13-16-19-23-28(22-18-14-10-6-2)24-21-27-30(31,32)29(25-17-12-8-4)26-20-15-11-7-3/h28-29H,5-27H2,1-4H3. The highest BCUT2D eigenvalue weighted by Crippen LogP contribution is 2.38. The normalized spacial score (nSPS) is 14.1. The lowest BCUT2D eigenvalue weighted by atomic mass is 9.84. The SMILES string of the molecule is CCCCCCCC(CCCCCC)CCCC(F)(F)C(CCCCC)CCCCCC. The van der Waals surface area contributed by atoms with Gasteiger partial charge in [0.1, 0.15) is 0 Å². The van der Waals surface area contributed by atoms with Gasteiger partial charge in [-0.05, 0) is 25.2 Å². The van der Waals surface area contributed by atoms with Crippen molar-refractivity contribution in [3.05, 3.63) is 0 Å². The Bertz CT molecular complexity index is 366. The van der Waals surface area contributed by atoms with E-state index in [-0.39, 0.29) is 12.3 Å². The Morgan fingerprint density at radius 1 is 0.438 bits per heavy atom. The number of halogens is 2. The lowest BCUT2D eigenvalue weighted by molar-refractivity contribution is -0.0749. The quantitative estimate of drug-likeness (QED) is 0.119. The summed E-state index contributed by atoms with van der Waals surface area (Å²) >= 11 is 0. The number of hydrogen-bond donors (Lipinski definition) is 0. The monoisotopic (exact) mass is 458 g/mol. The molecule has 0 heterocycles. The van der Waals surface area contributed by atoms with E-state index in [1.807, 2.05) is 0 Å². The Labute approximate surface area is 202 Å². The molecule has 0 rings (SSSR count). The summed E-state index contributed by atoms with van der Waals surface area (Å²) in [4.78, 5) is 0. The fourth-order valence-electron chi connectivity index (χ4n) is 5.18. The topological polar surface area (TPSA) is 0 Å². The van der Waals surface area contributed by atoms with Crippen molar-refractivity contribution in [2.45, 2.75) is 181 Å². The number of unbranched alkanes of at least 4 members (excludes halogenated alkanes) is 12. The molecule has 2 unspecified atom stereocenters. The third-order valence-corrected chi connectivity index (χ3v) is 7.46. The molecule has 194 valence electrons. The Morgan fingerprint density at radius 3 is 1.28 bits per heavy atom. The van der Waals surface area contributed by atoms with Crippen LogP contribution in [0.25, 0.3) is 0 Å². The fraction of sp³-hybridized carbons (Fsp3) is 1.00. The van der Waals surface area contributed by atoms with E-state index in [2.05, 4.69) is 27.7 Å². The van der Waals surface area contributed by atoms with E-state index in [9.17, 15) is 0 Å². The number of rotatable bonds is 25. The first kappa shape index (κ1) is 31.9. The maximum absolute atomic E-state index is 15.2. The molecule has 0 aromatic carbocycles. The van der Waals surface area contributed by atoms with Gasteiger partial charge in [0.25, 0.3) is 5.92 Å². The molecule has 0 N–H and O–H groups in total. The van der Waals surface area contributed by atoms with Crippen molar-refractivity contribution in [1.82, 2.24) is 0 Å². The largest absolute Gasteiger partial charge is 0.250 e. The van der Waals surface area contributed by atoms with Gasteiger partial charge >= 0.3 is 0 Å². The van der Waals surface area contributed by atoms with Crippen molar-refractivity contribution in [3.8, 4) is 0 Å². The lowest BCUT2D eigenvalue weighted by Crippen LogP contribution is -2.28. The third kappa shape index (κ3) is 18.3. The Morgan fingerprint density at radius 2 is 0.781 bits per heavy atom. The molecule has 0 bridgehead atoms. The van der Waals surface area contributed by atoms with Crippen molar-refractivity contribution in [2.75, 3.05) is 0 Å². The Hall–Kier alpha value is -0.140. The number of hydrogen-bond acceptors (Lipinski definition) is 0. The Kier molecular flexibility index (Phi) is 22.5. The van der Waals surface area contributed by atoms with Gasteiger partial charge in [0.15, 0.2) is 0 Å². The molecule has 0 fully saturated rings. The van der Waals surface area contributed by atoms with Crippen LogP contribution in [0.4, 0.5) is 8.78 Å². The maximum Gasteiger partial charge on any atom is 0.250 e. The van der Waals surface area contributed by atoms with E-state index in [1.54, 1.807) is 0 Å². The minimum absolute atomic E-state index is 0.124. The molecule has 0 aliphatic carbocycles. The highest BCUT2D eigenvalue weighted by Gasteiger charge is 2.37. The van der Waals surface area contributed by atoms with Crippen LogP contribution in [0.15, 0.2) is 0 Å². The summed E-state index contributed by atoms with van der Waals surface area (Å²) in [5.74, 6) is -2.18. The van der Waals surface area contributed by atoms with Crippen molar-refractivity contribution < 1.29 is 8.78 Å². The highest BCUT2D eigenvalue weighted by molar-refractivity contribution is 4.78. The fourth-order valence-corrected chi connectivity index (χ4v) is 5.18. The van der Waals surface area contributed by atoms with Crippen LogP contribution in [0, 0.1) is 11.8 Å². The maximum atomic E-state index is 15.2. The molecule has 0 aromatic heterocycles. The summed E-state index contributed by atoms with van der Waals surface area (Å²) in [6.45, 7) is 8.87. The van der Waals surface area contributed by atoms with Crippen LogP contribution in [-0.4, -0.2) is 5.92 Å². The van der Waals surface area contributed by atoms with Crippen LogP contribution in [0.5, 0.6) is 0 Å². The Balaban J connectivity index is 4.58. The summed E-state index contributed by atoms with van der Waals surface area (Å²) in [6.07, 6.45) is 25.3. The molecule has 0 nitrogen and oxygen atoms in total. The van der Waals surface area contributed by atoms with E-state index in [0.29, 0.717) is 5.92 Å². The van der Waals surface area contributed by atoms with Gasteiger partial charge in [-0.25, -0.2) is 8.78 Å². The summed E-state index contributed by atoms with van der Waals surface area (Å²) in [5.41, 5.74) is 0. The van der Waals surface area contributed by atoms with Crippen molar-refractivity contribution >= 4 is 0 Å². The van der Waals surface area contributed by atoms with Crippen molar-refractivity contribution in [1.29, 1.82) is 0 Å². The molecular weight excluding hydrogens is 398 g/mol. The lowest BCUT2D eigenvalue weighted by Gasteiger charge is -2.28.